The Morgan fingerprint density at radius 1 is 0.898 bits per heavy atom. The highest BCUT2D eigenvalue weighted by Crippen LogP contribution is 2.38. The number of aromatic nitrogens is 6. The smallest absolute Gasteiger partial charge is 0.350 e. The van der Waals surface area contributed by atoms with Crippen LogP contribution in [0.5, 0.6) is 5.75 Å². The van der Waals surface area contributed by atoms with Gasteiger partial charge >= 0.3 is 5.69 Å². The van der Waals surface area contributed by atoms with Crippen molar-refractivity contribution in [2.24, 2.45) is 0 Å². The van der Waals surface area contributed by atoms with Crippen molar-refractivity contribution in [3.63, 3.8) is 0 Å². The maximum atomic E-state index is 14.9. The summed E-state index contributed by atoms with van der Waals surface area (Å²) in [5.74, 6) is -2.31. The maximum absolute atomic E-state index is 14.9. The number of rotatable bonds is 12. The Hall–Kier alpha value is -5.12. The van der Waals surface area contributed by atoms with Gasteiger partial charge in [-0.25, -0.2) is 32.5 Å². The number of ether oxygens (including phenoxy) is 4. The molecular formula is C34H36F2N8O5. The molecule has 0 N–H and O–H groups in total. The van der Waals surface area contributed by atoms with Gasteiger partial charge in [0.1, 0.15) is 55.6 Å². The molecule has 0 amide bonds. The van der Waals surface area contributed by atoms with Crippen molar-refractivity contribution in [1.29, 1.82) is 0 Å². The first-order valence-electron chi connectivity index (χ1n) is 16.0. The van der Waals surface area contributed by atoms with Crippen molar-refractivity contribution in [3.05, 3.63) is 113 Å². The van der Waals surface area contributed by atoms with Gasteiger partial charge < -0.3 is 28.7 Å². The van der Waals surface area contributed by atoms with Gasteiger partial charge in [-0.2, -0.15) is 10.2 Å². The molecule has 2 saturated heterocycles. The van der Waals surface area contributed by atoms with Crippen LogP contribution in [0.3, 0.4) is 0 Å². The lowest BCUT2D eigenvalue weighted by atomic mass is 10.0. The van der Waals surface area contributed by atoms with Crippen molar-refractivity contribution >= 4 is 11.4 Å². The molecule has 0 spiro atoms. The minimum absolute atomic E-state index is 0.0306. The number of benzene rings is 3. The van der Waals surface area contributed by atoms with E-state index in [0.29, 0.717) is 18.9 Å². The number of anilines is 2. The second kappa shape index (κ2) is 14.2. The van der Waals surface area contributed by atoms with E-state index in [-0.39, 0.29) is 31.0 Å². The summed E-state index contributed by atoms with van der Waals surface area (Å²) in [5.41, 5.74) is 2.82. The van der Waals surface area contributed by atoms with Crippen molar-refractivity contribution in [2.75, 3.05) is 62.9 Å². The van der Waals surface area contributed by atoms with Gasteiger partial charge in [-0.15, -0.1) is 0 Å². The standard InChI is InChI=1S/C34H36F2N8O5/c1-46-17-16-44-33(45)43(24-39-44)28-5-3-26(4-6-28)40-12-14-41(15-13-40)27-7-9-29(10-8-27)47-19-30-20-48-34(49-30,21-42-23-37-22-38-42)31-11-2-25(35)18-32(31)36/h2-11,18,22-24,30H,12-17,19-21H2,1H3. The summed E-state index contributed by atoms with van der Waals surface area (Å²) < 4.78 is 56.3. The number of halogens is 2. The Bertz CT molecular complexity index is 1890. The molecule has 2 aliphatic heterocycles. The van der Waals surface area contributed by atoms with E-state index < -0.39 is 23.5 Å². The predicted molar refractivity (Wildman–Crippen MR) is 175 cm³/mol. The number of hydrogen-bond donors (Lipinski definition) is 0. The summed E-state index contributed by atoms with van der Waals surface area (Å²) in [6.45, 7) is 4.54. The number of piperazine rings is 1. The Kier molecular flexibility index (Phi) is 9.37. The largest absolute Gasteiger partial charge is 0.491 e. The topological polar surface area (TPSA) is 114 Å². The van der Waals surface area contributed by atoms with Crippen molar-refractivity contribution in [2.45, 2.75) is 25.0 Å². The van der Waals surface area contributed by atoms with Gasteiger partial charge in [-0.3, -0.25) is 0 Å². The summed E-state index contributed by atoms with van der Waals surface area (Å²) in [6, 6.07) is 19.1. The summed E-state index contributed by atoms with van der Waals surface area (Å²) >= 11 is 0. The third-order valence-electron chi connectivity index (χ3n) is 8.69. The second-order valence-electron chi connectivity index (χ2n) is 11.8. The molecule has 15 heteroatoms. The lowest BCUT2D eigenvalue weighted by Gasteiger charge is -2.37. The van der Waals surface area contributed by atoms with Crippen LogP contribution in [-0.2, 0) is 33.1 Å². The first kappa shape index (κ1) is 32.4. The Balaban J connectivity index is 0.919. The molecule has 0 bridgehead atoms. The van der Waals surface area contributed by atoms with E-state index in [0.717, 1.165) is 49.3 Å². The molecule has 3 aromatic carbocycles. The minimum Gasteiger partial charge on any atom is -0.491 e. The molecule has 2 unspecified atom stereocenters. The number of nitrogens with zero attached hydrogens (tertiary/aromatic N) is 8. The molecule has 2 atom stereocenters. The lowest BCUT2D eigenvalue weighted by Crippen LogP contribution is -2.46. The Morgan fingerprint density at radius 2 is 1.59 bits per heavy atom. The molecular weight excluding hydrogens is 638 g/mol. The molecule has 7 rings (SSSR count). The van der Waals surface area contributed by atoms with Crippen LogP contribution in [0.15, 0.2) is 90.5 Å². The minimum atomic E-state index is -1.51. The molecule has 4 heterocycles. The van der Waals surface area contributed by atoms with Crippen LogP contribution in [0.1, 0.15) is 5.56 Å². The van der Waals surface area contributed by atoms with Crippen LogP contribution in [0.2, 0.25) is 0 Å². The molecule has 0 radical (unpaired) electrons. The summed E-state index contributed by atoms with van der Waals surface area (Å²) in [4.78, 5) is 21.2. The van der Waals surface area contributed by atoms with Crippen molar-refractivity contribution in [1.82, 2.24) is 29.1 Å². The summed E-state index contributed by atoms with van der Waals surface area (Å²) in [5, 5.41) is 8.27. The van der Waals surface area contributed by atoms with Crippen molar-refractivity contribution in [3.8, 4) is 11.4 Å². The quantitative estimate of drug-likeness (QED) is 0.196. The highest BCUT2D eigenvalue weighted by Gasteiger charge is 2.46. The molecule has 2 aromatic heterocycles. The van der Waals surface area contributed by atoms with E-state index in [1.807, 2.05) is 48.5 Å². The average molecular weight is 675 g/mol. The van der Waals surface area contributed by atoms with Gasteiger partial charge in [0.05, 0.1) is 25.4 Å². The van der Waals surface area contributed by atoms with Gasteiger partial charge in [0.25, 0.3) is 0 Å². The zero-order valence-electron chi connectivity index (χ0n) is 26.9. The van der Waals surface area contributed by atoms with Crippen LogP contribution in [0.4, 0.5) is 20.2 Å². The Labute approximate surface area is 280 Å². The number of methoxy groups -OCH3 is 1. The third-order valence-corrected chi connectivity index (χ3v) is 8.69. The van der Waals surface area contributed by atoms with Gasteiger partial charge in [0.15, 0.2) is 0 Å². The van der Waals surface area contributed by atoms with E-state index in [2.05, 4.69) is 25.0 Å². The monoisotopic (exact) mass is 674 g/mol. The zero-order chi connectivity index (χ0) is 33.8. The van der Waals surface area contributed by atoms with Crippen LogP contribution in [-0.4, -0.2) is 88.3 Å². The van der Waals surface area contributed by atoms with Gasteiger partial charge in [-0.05, 0) is 60.7 Å². The number of hydrogen-bond acceptors (Lipinski definition) is 10. The maximum Gasteiger partial charge on any atom is 0.350 e. The molecule has 0 aliphatic carbocycles. The Morgan fingerprint density at radius 3 is 2.24 bits per heavy atom. The lowest BCUT2D eigenvalue weighted by molar-refractivity contribution is -0.192. The first-order valence-corrected chi connectivity index (χ1v) is 16.0. The van der Waals surface area contributed by atoms with Crippen molar-refractivity contribution < 1.29 is 27.7 Å². The SMILES string of the molecule is COCCn1ncn(-c2ccc(N3CCN(c4ccc(OCC5COC(Cn6cncn6)(c6ccc(F)cc6F)O5)cc4)CC3)cc2)c1=O. The molecule has 13 nitrogen and oxygen atoms in total. The first-order chi connectivity index (χ1) is 23.9. The molecule has 0 saturated carbocycles. The van der Waals surface area contributed by atoms with Gasteiger partial charge in [0, 0.05) is 56.3 Å². The van der Waals surface area contributed by atoms with Crippen LogP contribution < -0.4 is 20.2 Å². The summed E-state index contributed by atoms with van der Waals surface area (Å²) in [6.07, 6.45) is 3.87. The van der Waals surface area contributed by atoms with E-state index in [1.54, 1.807) is 7.11 Å². The van der Waals surface area contributed by atoms with Crippen LogP contribution in [0.25, 0.3) is 5.69 Å². The molecule has 5 aromatic rings. The van der Waals surface area contributed by atoms with Crippen LogP contribution >= 0.6 is 0 Å². The normalized spacial score (nSPS) is 19.4. The molecule has 2 aliphatic rings. The van der Waals surface area contributed by atoms with E-state index in [1.165, 1.54) is 45.0 Å². The van der Waals surface area contributed by atoms with Crippen LogP contribution in [0, 0.1) is 11.6 Å². The zero-order valence-corrected chi connectivity index (χ0v) is 26.9. The fraction of sp³-hybridized carbons (Fsp3) is 0.353. The molecule has 2 fully saturated rings. The highest BCUT2D eigenvalue weighted by molar-refractivity contribution is 5.54. The highest BCUT2D eigenvalue weighted by atomic mass is 19.1. The van der Waals surface area contributed by atoms with Gasteiger partial charge in [-0.1, -0.05) is 0 Å². The predicted octanol–water partition coefficient (Wildman–Crippen LogP) is 3.22. The second-order valence-corrected chi connectivity index (χ2v) is 11.8. The fourth-order valence-electron chi connectivity index (χ4n) is 6.12. The van der Waals surface area contributed by atoms with E-state index >= 15 is 0 Å². The average Bonchev–Trinajstić information content (AvgIpc) is 3.88. The fourth-order valence-corrected chi connectivity index (χ4v) is 6.12. The van der Waals surface area contributed by atoms with Gasteiger partial charge in [0.2, 0.25) is 5.79 Å². The third kappa shape index (κ3) is 7.04. The summed E-state index contributed by atoms with van der Waals surface area (Å²) in [7, 11) is 1.59. The van der Waals surface area contributed by atoms with E-state index in [4.69, 9.17) is 18.9 Å². The molecule has 49 heavy (non-hydrogen) atoms. The molecule has 256 valence electrons. The van der Waals surface area contributed by atoms with E-state index in [9.17, 15) is 13.6 Å².